The van der Waals surface area contributed by atoms with Crippen LogP contribution in [0.1, 0.15) is 12.0 Å². The smallest absolute Gasteiger partial charge is 0.387 e. The number of carbonyl (C=O) groups is 1. The Morgan fingerprint density at radius 1 is 1.38 bits per heavy atom. The van der Waals surface area contributed by atoms with E-state index < -0.39 is 6.61 Å². The fourth-order valence-electron chi connectivity index (χ4n) is 1.68. The summed E-state index contributed by atoms with van der Waals surface area (Å²) in [6.45, 7) is -2.43. The molecule has 0 amide bonds. The molecular formula is C14H19ClF2IN3O3. The lowest BCUT2D eigenvalue weighted by Crippen LogP contribution is -2.38. The third kappa shape index (κ3) is 8.48. The summed E-state index contributed by atoms with van der Waals surface area (Å²) >= 11 is 5.87. The van der Waals surface area contributed by atoms with Gasteiger partial charge in [0.2, 0.25) is 0 Å². The van der Waals surface area contributed by atoms with Crippen molar-refractivity contribution in [2.24, 2.45) is 4.99 Å². The molecule has 2 N–H and O–H groups in total. The van der Waals surface area contributed by atoms with Gasteiger partial charge in [-0.1, -0.05) is 11.6 Å². The van der Waals surface area contributed by atoms with Gasteiger partial charge in [0.25, 0.3) is 0 Å². The van der Waals surface area contributed by atoms with Crippen molar-refractivity contribution >= 4 is 47.5 Å². The van der Waals surface area contributed by atoms with Crippen LogP contribution in [0.5, 0.6) is 5.75 Å². The van der Waals surface area contributed by atoms with Gasteiger partial charge in [0, 0.05) is 30.7 Å². The van der Waals surface area contributed by atoms with Gasteiger partial charge in [-0.05, 0) is 18.2 Å². The van der Waals surface area contributed by atoms with Crippen LogP contribution in [-0.2, 0) is 16.1 Å². The number of nitrogens with zero attached hydrogens (tertiary/aromatic N) is 1. The summed E-state index contributed by atoms with van der Waals surface area (Å²) in [6, 6.07) is 4.36. The van der Waals surface area contributed by atoms with Gasteiger partial charge in [0.1, 0.15) is 5.75 Å². The molecule has 0 heterocycles. The molecule has 6 nitrogen and oxygen atoms in total. The van der Waals surface area contributed by atoms with E-state index in [4.69, 9.17) is 11.6 Å². The van der Waals surface area contributed by atoms with Gasteiger partial charge in [-0.3, -0.25) is 9.79 Å². The number of hydrogen-bond acceptors (Lipinski definition) is 4. The fraction of sp³-hybridized carbons (Fsp3) is 0.429. The number of halogens is 4. The van der Waals surface area contributed by atoms with Crippen molar-refractivity contribution in [3.05, 3.63) is 28.8 Å². The number of methoxy groups -OCH3 is 1. The minimum atomic E-state index is -2.92. The Morgan fingerprint density at radius 3 is 2.67 bits per heavy atom. The largest absolute Gasteiger partial charge is 0.469 e. The minimum absolute atomic E-state index is 0. The summed E-state index contributed by atoms with van der Waals surface area (Å²) in [5, 5.41) is 6.22. The minimum Gasteiger partial charge on any atom is -0.469 e. The van der Waals surface area contributed by atoms with Crippen molar-refractivity contribution in [2.45, 2.75) is 19.6 Å². The van der Waals surface area contributed by atoms with Crippen LogP contribution in [0.25, 0.3) is 0 Å². The van der Waals surface area contributed by atoms with E-state index in [1.165, 1.54) is 25.3 Å². The molecule has 0 aliphatic rings. The molecule has 1 aromatic carbocycles. The molecule has 0 radical (unpaired) electrons. The SMILES string of the molecule is CN=C(NCCC(=O)OC)NCc1cc(Cl)ccc1OC(F)F.I. The van der Waals surface area contributed by atoms with Gasteiger partial charge in [-0.15, -0.1) is 24.0 Å². The van der Waals surface area contributed by atoms with Crippen molar-refractivity contribution in [3.63, 3.8) is 0 Å². The van der Waals surface area contributed by atoms with Crippen LogP contribution in [0.3, 0.4) is 0 Å². The number of carbonyl (C=O) groups excluding carboxylic acids is 1. The first-order valence-corrected chi connectivity index (χ1v) is 7.08. The average Bonchev–Trinajstić information content (AvgIpc) is 2.52. The molecule has 0 saturated carbocycles. The van der Waals surface area contributed by atoms with E-state index >= 15 is 0 Å². The van der Waals surface area contributed by atoms with Gasteiger partial charge in [-0.2, -0.15) is 8.78 Å². The predicted molar refractivity (Wildman–Crippen MR) is 98.3 cm³/mol. The molecule has 0 aliphatic carbocycles. The predicted octanol–water partition coefficient (Wildman–Crippen LogP) is 2.79. The molecule has 0 fully saturated rings. The van der Waals surface area contributed by atoms with E-state index in [2.05, 4.69) is 25.1 Å². The summed E-state index contributed by atoms with van der Waals surface area (Å²) in [5.74, 6) is 0.0780. The number of esters is 1. The van der Waals surface area contributed by atoms with Crippen LogP contribution >= 0.6 is 35.6 Å². The molecule has 136 valence electrons. The van der Waals surface area contributed by atoms with E-state index in [1.54, 1.807) is 7.05 Å². The highest BCUT2D eigenvalue weighted by Gasteiger charge is 2.11. The molecule has 24 heavy (non-hydrogen) atoms. The number of ether oxygens (including phenoxy) is 2. The number of aliphatic imine (C=N–C) groups is 1. The summed E-state index contributed by atoms with van der Waals surface area (Å²) in [4.78, 5) is 15.0. The van der Waals surface area contributed by atoms with E-state index in [0.29, 0.717) is 23.1 Å². The lowest BCUT2D eigenvalue weighted by Gasteiger charge is -2.14. The van der Waals surface area contributed by atoms with Crippen molar-refractivity contribution < 1.29 is 23.0 Å². The second kappa shape index (κ2) is 12.1. The summed E-state index contributed by atoms with van der Waals surface area (Å²) in [5.41, 5.74) is 0.453. The van der Waals surface area contributed by atoms with Crippen molar-refractivity contribution in [1.29, 1.82) is 0 Å². The van der Waals surface area contributed by atoms with Gasteiger partial charge < -0.3 is 20.1 Å². The molecule has 10 heteroatoms. The molecule has 0 unspecified atom stereocenters. The van der Waals surface area contributed by atoms with Crippen LogP contribution in [0, 0.1) is 0 Å². The second-order valence-corrected chi connectivity index (χ2v) is 4.75. The van der Waals surface area contributed by atoms with Crippen molar-refractivity contribution in [3.8, 4) is 5.75 Å². The number of hydrogen-bond donors (Lipinski definition) is 2. The summed E-state index contributed by atoms with van der Waals surface area (Å²) in [6.07, 6.45) is 0.175. The highest BCUT2D eigenvalue weighted by molar-refractivity contribution is 14.0. The molecule has 0 aromatic heterocycles. The molecule has 0 atom stereocenters. The van der Waals surface area contributed by atoms with E-state index in [9.17, 15) is 13.6 Å². The Labute approximate surface area is 161 Å². The fourth-order valence-corrected chi connectivity index (χ4v) is 1.88. The van der Waals surface area contributed by atoms with Crippen molar-refractivity contribution in [1.82, 2.24) is 10.6 Å². The molecule has 1 rings (SSSR count). The zero-order valence-electron chi connectivity index (χ0n) is 13.1. The Hall–Kier alpha value is -1.36. The average molecular weight is 478 g/mol. The zero-order chi connectivity index (χ0) is 17.2. The highest BCUT2D eigenvalue weighted by atomic mass is 127. The number of nitrogens with one attached hydrogen (secondary N) is 2. The number of rotatable bonds is 7. The molecule has 0 spiro atoms. The third-order valence-electron chi connectivity index (χ3n) is 2.76. The maximum Gasteiger partial charge on any atom is 0.387 e. The first-order valence-electron chi connectivity index (χ1n) is 6.70. The topological polar surface area (TPSA) is 72.0 Å². The first kappa shape index (κ1) is 22.6. The van der Waals surface area contributed by atoms with Gasteiger partial charge >= 0.3 is 12.6 Å². The van der Waals surface area contributed by atoms with Crippen LogP contribution in [0.4, 0.5) is 8.78 Å². The first-order chi connectivity index (χ1) is 11.0. The van der Waals surface area contributed by atoms with Crippen LogP contribution in [0.15, 0.2) is 23.2 Å². The zero-order valence-corrected chi connectivity index (χ0v) is 16.2. The van der Waals surface area contributed by atoms with Crippen LogP contribution in [0.2, 0.25) is 5.02 Å². The number of benzene rings is 1. The third-order valence-corrected chi connectivity index (χ3v) is 2.99. The maximum absolute atomic E-state index is 12.4. The molecular weight excluding hydrogens is 459 g/mol. The standard InChI is InChI=1S/C14H18ClF2N3O3.HI/c1-18-14(19-6-5-12(21)22-2)20-8-9-7-10(15)3-4-11(9)23-13(16)17;/h3-4,7,13H,5-6,8H2,1-2H3,(H2,18,19,20);1H. The Bertz CT molecular complexity index is 562. The molecule has 1 aromatic rings. The highest BCUT2D eigenvalue weighted by Crippen LogP contribution is 2.24. The van der Waals surface area contributed by atoms with Crippen LogP contribution in [-0.4, -0.2) is 39.2 Å². The molecule has 0 saturated heterocycles. The Balaban J connectivity index is 0.00000529. The second-order valence-electron chi connectivity index (χ2n) is 4.31. The molecule has 0 bridgehead atoms. The maximum atomic E-state index is 12.4. The lowest BCUT2D eigenvalue weighted by atomic mass is 10.2. The normalized spacial score (nSPS) is 10.8. The number of alkyl halides is 2. The quantitative estimate of drug-likeness (QED) is 0.274. The summed E-state index contributed by atoms with van der Waals surface area (Å²) < 4.78 is 33.7. The van der Waals surface area contributed by atoms with Gasteiger partial charge in [0.15, 0.2) is 5.96 Å². The summed E-state index contributed by atoms with van der Waals surface area (Å²) in [7, 11) is 2.85. The Kier molecular flexibility index (Phi) is 11.4. The van der Waals surface area contributed by atoms with E-state index in [-0.39, 0.29) is 48.7 Å². The van der Waals surface area contributed by atoms with Gasteiger partial charge in [0.05, 0.1) is 13.5 Å². The number of guanidine groups is 1. The Morgan fingerprint density at radius 2 is 2.08 bits per heavy atom. The monoisotopic (exact) mass is 477 g/mol. The lowest BCUT2D eigenvalue weighted by molar-refractivity contribution is -0.140. The van der Waals surface area contributed by atoms with Gasteiger partial charge in [-0.25, -0.2) is 0 Å². The molecule has 0 aliphatic heterocycles. The van der Waals surface area contributed by atoms with E-state index in [1.807, 2.05) is 0 Å². The van der Waals surface area contributed by atoms with Crippen molar-refractivity contribution in [2.75, 3.05) is 20.7 Å². The van der Waals surface area contributed by atoms with E-state index in [0.717, 1.165) is 0 Å². The van der Waals surface area contributed by atoms with Crippen LogP contribution < -0.4 is 15.4 Å².